The Bertz CT molecular complexity index is 868. The monoisotopic (exact) mass is 576 g/mol. The van der Waals surface area contributed by atoms with E-state index < -0.39 is 5.97 Å². The minimum absolute atomic E-state index is 0.0140. The predicted octanol–water partition coefficient (Wildman–Crippen LogP) is -1.55. The number of ether oxygens (including phenoxy) is 2. The number of rotatable bonds is 13. The molecular weight excluding hydrogens is 540 g/mol. The second kappa shape index (κ2) is 15.2. The lowest BCUT2D eigenvalue weighted by Gasteiger charge is -2.16. The summed E-state index contributed by atoms with van der Waals surface area (Å²) in [6.07, 6.45) is 0.753. The van der Waals surface area contributed by atoms with Crippen molar-refractivity contribution in [2.75, 3.05) is 51.5 Å². The number of urea groups is 2. The molecule has 0 saturated carbocycles. The fourth-order valence-corrected chi connectivity index (χ4v) is 7.42. The van der Waals surface area contributed by atoms with Gasteiger partial charge in [0.2, 0.25) is 11.8 Å². The maximum absolute atomic E-state index is 11.8. The van der Waals surface area contributed by atoms with Crippen molar-refractivity contribution in [1.82, 2.24) is 31.9 Å². The fourth-order valence-electron chi connectivity index (χ4n) is 4.46. The molecule has 7 N–H and O–H groups in total. The van der Waals surface area contributed by atoms with Crippen LogP contribution in [0.5, 0.6) is 0 Å². The summed E-state index contributed by atoms with van der Waals surface area (Å²) in [5.41, 5.74) is 0. The minimum Gasteiger partial charge on any atom is -0.481 e. The number of methoxy groups -OCH3 is 1. The molecule has 0 aromatic heterocycles. The van der Waals surface area contributed by atoms with Gasteiger partial charge in [0.25, 0.3) is 0 Å². The molecule has 4 heterocycles. The third kappa shape index (κ3) is 9.39. The Morgan fingerprint density at radius 1 is 0.842 bits per heavy atom. The molecule has 0 spiro atoms. The predicted molar refractivity (Wildman–Crippen MR) is 141 cm³/mol. The standard InChI is InChI=1S/C12H19N3O5S.C10H17N3O3S/c16-9(13-2-4-20-3-1-10(17)18)5-8-11-7(6-21-8)14-12(19)15-11;1-16-3-2-11-8(14)4-7-9-6(5-17-7)12-10(15)13-9/h7-8,11H,1-6H2,(H,13,16)(H,17,18)(H2,14,15,19);6-7,9H,2-5H2,1H3,(H,11,14)(H2,12,13,15)/t7-,8?,11-;6-,7?,9-/m00/s1. The summed E-state index contributed by atoms with van der Waals surface area (Å²) in [6.45, 7) is 1.85. The van der Waals surface area contributed by atoms with Crippen molar-refractivity contribution < 1.29 is 38.6 Å². The van der Waals surface area contributed by atoms with Gasteiger partial charge in [-0.3, -0.25) is 14.4 Å². The summed E-state index contributed by atoms with van der Waals surface area (Å²) in [6, 6.07) is 0.0947. The van der Waals surface area contributed by atoms with Gasteiger partial charge in [-0.1, -0.05) is 0 Å². The van der Waals surface area contributed by atoms with Crippen molar-refractivity contribution in [1.29, 1.82) is 0 Å². The van der Waals surface area contributed by atoms with E-state index in [1.807, 2.05) is 0 Å². The molecule has 6 amide bonds. The van der Waals surface area contributed by atoms with Gasteiger partial charge in [0.1, 0.15) is 0 Å². The summed E-state index contributed by atoms with van der Waals surface area (Å²) >= 11 is 3.42. The molecule has 0 radical (unpaired) electrons. The molecule has 4 aliphatic rings. The second-order valence-electron chi connectivity index (χ2n) is 9.10. The second-order valence-corrected chi connectivity index (χ2v) is 11.6. The molecule has 214 valence electrons. The van der Waals surface area contributed by atoms with Gasteiger partial charge >= 0.3 is 18.0 Å². The fraction of sp³-hybridized carbons (Fsp3) is 0.773. The van der Waals surface area contributed by atoms with E-state index in [9.17, 15) is 24.0 Å². The van der Waals surface area contributed by atoms with E-state index in [4.69, 9.17) is 14.6 Å². The number of thioether (sulfide) groups is 2. The highest BCUT2D eigenvalue weighted by molar-refractivity contribution is 8.00. The molecule has 2 unspecified atom stereocenters. The molecule has 4 saturated heterocycles. The molecule has 4 aliphatic heterocycles. The lowest BCUT2D eigenvalue weighted by Crippen LogP contribution is -2.40. The van der Waals surface area contributed by atoms with Gasteiger partial charge in [0.15, 0.2) is 0 Å². The zero-order valence-electron chi connectivity index (χ0n) is 21.2. The minimum atomic E-state index is -0.904. The molecule has 0 aromatic rings. The van der Waals surface area contributed by atoms with E-state index in [-0.39, 0.29) is 71.6 Å². The number of aliphatic carboxylic acids is 1. The van der Waals surface area contributed by atoms with Crippen molar-refractivity contribution in [3.63, 3.8) is 0 Å². The number of carboxylic acid groups (broad SMARTS) is 1. The van der Waals surface area contributed by atoms with E-state index in [1.54, 1.807) is 30.6 Å². The van der Waals surface area contributed by atoms with Crippen LogP contribution in [0.2, 0.25) is 0 Å². The average molecular weight is 577 g/mol. The zero-order chi connectivity index (χ0) is 27.5. The number of carboxylic acids is 1. The van der Waals surface area contributed by atoms with Gasteiger partial charge in [0.05, 0.1) is 50.4 Å². The number of amides is 6. The Morgan fingerprint density at radius 2 is 1.34 bits per heavy atom. The van der Waals surface area contributed by atoms with Crippen LogP contribution < -0.4 is 31.9 Å². The third-order valence-corrected chi connectivity index (χ3v) is 9.19. The van der Waals surface area contributed by atoms with Gasteiger partial charge in [-0.2, -0.15) is 23.5 Å². The molecule has 38 heavy (non-hydrogen) atoms. The molecule has 16 heteroatoms. The van der Waals surface area contributed by atoms with E-state index >= 15 is 0 Å². The van der Waals surface area contributed by atoms with Crippen LogP contribution in [0.15, 0.2) is 0 Å². The maximum atomic E-state index is 11.8. The summed E-state index contributed by atoms with van der Waals surface area (Å²) in [5.74, 6) is 0.718. The van der Waals surface area contributed by atoms with Gasteiger partial charge in [-0.05, 0) is 0 Å². The van der Waals surface area contributed by atoms with Crippen LogP contribution in [0, 0.1) is 0 Å². The van der Waals surface area contributed by atoms with Crippen molar-refractivity contribution in [3.05, 3.63) is 0 Å². The molecule has 4 rings (SSSR count). The summed E-state index contributed by atoms with van der Waals surface area (Å²) < 4.78 is 9.94. The molecule has 4 fully saturated rings. The average Bonchev–Trinajstić information content (AvgIpc) is 3.60. The summed E-state index contributed by atoms with van der Waals surface area (Å²) in [4.78, 5) is 56.1. The first-order valence-electron chi connectivity index (χ1n) is 12.5. The van der Waals surface area contributed by atoms with Gasteiger partial charge < -0.3 is 46.5 Å². The lowest BCUT2D eigenvalue weighted by atomic mass is 10.1. The van der Waals surface area contributed by atoms with E-state index in [0.717, 1.165) is 11.5 Å². The first-order chi connectivity index (χ1) is 18.3. The van der Waals surface area contributed by atoms with Crippen LogP contribution in [0.25, 0.3) is 0 Å². The highest BCUT2D eigenvalue weighted by atomic mass is 32.2. The Labute approximate surface area is 229 Å². The maximum Gasteiger partial charge on any atom is 0.315 e. The summed E-state index contributed by atoms with van der Waals surface area (Å²) in [7, 11) is 1.60. The van der Waals surface area contributed by atoms with Crippen LogP contribution in [-0.4, -0.2) is 121 Å². The van der Waals surface area contributed by atoms with Crippen LogP contribution in [0.3, 0.4) is 0 Å². The Kier molecular flexibility index (Phi) is 12.1. The third-order valence-electron chi connectivity index (χ3n) is 6.31. The normalized spacial score (nSPS) is 28.6. The highest BCUT2D eigenvalue weighted by Gasteiger charge is 2.44. The quantitative estimate of drug-likeness (QED) is 0.0996. The molecular formula is C22H36N6O8S2. The van der Waals surface area contributed by atoms with Crippen molar-refractivity contribution >= 4 is 53.4 Å². The van der Waals surface area contributed by atoms with E-state index in [2.05, 4.69) is 31.9 Å². The van der Waals surface area contributed by atoms with Crippen LogP contribution in [-0.2, 0) is 23.9 Å². The van der Waals surface area contributed by atoms with Gasteiger partial charge in [-0.25, -0.2) is 9.59 Å². The van der Waals surface area contributed by atoms with Gasteiger partial charge in [-0.15, -0.1) is 0 Å². The molecule has 14 nitrogen and oxygen atoms in total. The SMILES string of the molecule is COCCNC(=O)CC1SC[C@@H]2NC(=O)N[C@H]12.O=C(O)CCOCCNC(=O)CC1SC[C@@H]2NC(=O)N[C@H]12. The number of hydrogen-bond acceptors (Lipinski definition) is 9. The van der Waals surface area contributed by atoms with Gasteiger partial charge in [0, 0.05) is 55.0 Å². The van der Waals surface area contributed by atoms with E-state index in [1.165, 1.54) is 0 Å². The Balaban J connectivity index is 0.000000215. The number of fused-ring (bicyclic) bond motifs is 2. The lowest BCUT2D eigenvalue weighted by molar-refractivity contribution is -0.138. The van der Waals surface area contributed by atoms with Crippen molar-refractivity contribution in [3.8, 4) is 0 Å². The van der Waals surface area contributed by atoms with Crippen molar-refractivity contribution in [2.45, 2.75) is 53.9 Å². The first-order valence-corrected chi connectivity index (χ1v) is 14.6. The van der Waals surface area contributed by atoms with Crippen LogP contribution >= 0.6 is 23.5 Å². The first kappa shape index (κ1) is 30.1. The van der Waals surface area contributed by atoms with Crippen molar-refractivity contribution in [2.24, 2.45) is 0 Å². The van der Waals surface area contributed by atoms with Crippen LogP contribution in [0.4, 0.5) is 9.59 Å². The largest absolute Gasteiger partial charge is 0.481 e. The molecule has 0 aromatic carbocycles. The Hall–Kier alpha value is -2.43. The Morgan fingerprint density at radius 3 is 1.82 bits per heavy atom. The molecule has 6 atom stereocenters. The topological polar surface area (TPSA) is 196 Å². The molecule has 0 bridgehead atoms. The van der Waals surface area contributed by atoms with E-state index in [0.29, 0.717) is 39.1 Å². The molecule has 0 aliphatic carbocycles. The number of hydrogen-bond donors (Lipinski definition) is 7. The number of carbonyl (C=O) groups excluding carboxylic acids is 4. The summed E-state index contributed by atoms with van der Waals surface area (Å²) in [5, 5.41) is 25.6. The number of carbonyl (C=O) groups is 5. The smallest absolute Gasteiger partial charge is 0.315 e. The highest BCUT2D eigenvalue weighted by Crippen LogP contribution is 2.32. The number of nitrogens with one attached hydrogen (secondary N) is 6. The van der Waals surface area contributed by atoms with Crippen LogP contribution in [0.1, 0.15) is 19.3 Å². The zero-order valence-corrected chi connectivity index (χ0v) is 22.8.